The van der Waals surface area contributed by atoms with E-state index >= 15 is 0 Å². The van der Waals surface area contributed by atoms with E-state index in [1.54, 1.807) is 12.1 Å². The molecule has 0 fully saturated rings. The Morgan fingerprint density at radius 2 is 2.25 bits per heavy atom. The topological polar surface area (TPSA) is 46.2 Å². The van der Waals surface area contributed by atoms with E-state index in [1.807, 2.05) is 13.0 Å². The number of aliphatic hydroxyl groups excluding tert-OH is 1. The van der Waals surface area contributed by atoms with E-state index in [0.29, 0.717) is 5.02 Å². The van der Waals surface area contributed by atoms with Crippen molar-refractivity contribution in [1.82, 2.24) is 0 Å². The molecule has 0 bridgehead atoms. The first kappa shape index (κ1) is 9.52. The molecule has 0 amide bonds. The molecule has 0 aliphatic carbocycles. The van der Waals surface area contributed by atoms with Crippen molar-refractivity contribution in [1.29, 1.82) is 0 Å². The third kappa shape index (κ3) is 1.97. The van der Waals surface area contributed by atoms with E-state index in [2.05, 4.69) is 0 Å². The summed E-state index contributed by atoms with van der Waals surface area (Å²) in [5, 5.41) is 10.1. The number of aryl methyl sites for hydroxylation is 1. The van der Waals surface area contributed by atoms with Crippen molar-refractivity contribution in [3.8, 4) is 0 Å². The van der Waals surface area contributed by atoms with Crippen molar-refractivity contribution in [3.63, 3.8) is 0 Å². The summed E-state index contributed by atoms with van der Waals surface area (Å²) in [5.74, 6) is 0. The molecule has 1 rings (SSSR count). The highest BCUT2D eigenvalue weighted by Gasteiger charge is 2.05. The molecule has 3 N–H and O–H groups in total. The van der Waals surface area contributed by atoms with Gasteiger partial charge in [0.2, 0.25) is 0 Å². The summed E-state index contributed by atoms with van der Waals surface area (Å²) in [5.41, 5.74) is 7.09. The minimum absolute atomic E-state index is 0.237. The van der Waals surface area contributed by atoms with Crippen molar-refractivity contribution in [2.75, 3.05) is 6.54 Å². The van der Waals surface area contributed by atoms with Gasteiger partial charge < -0.3 is 10.8 Å². The summed E-state index contributed by atoms with van der Waals surface area (Å²) < 4.78 is 0. The lowest BCUT2D eigenvalue weighted by molar-refractivity contribution is 0.186. The zero-order valence-electron chi connectivity index (χ0n) is 6.92. The first-order valence-corrected chi connectivity index (χ1v) is 4.17. The number of hydrogen-bond acceptors (Lipinski definition) is 2. The number of nitrogens with two attached hydrogens (primary N) is 1. The van der Waals surface area contributed by atoms with Gasteiger partial charge in [-0.1, -0.05) is 23.7 Å². The normalized spacial score (nSPS) is 13.0. The zero-order chi connectivity index (χ0) is 9.14. The SMILES string of the molecule is Cc1cc([C@H](O)CN)ccc1Cl. The lowest BCUT2D eigenvalue weighted by Gasteiger charge is -2.08. The highest BCUT2D eigenvalue weighted by molar-refractivity contribution is 6.31. The fourth-order valence-corrected chi connectivity index (χ4v) is 1.13. The molecule has 0 aliphatic heterocycles. The molecule has 3 heteroatoms. The molecular weight excluding hydrogens is 174 g/mol. The standard InChI is InChI=1S/C9H12ClNO/c1-6-4-7(9(12)5-11)2-3-8(6)10/h2-4,9,12H,5,11H2,1H3/t9-/m1/s1. The van der Waals surface area contributed by atoms with Crippen LogP contribution in [-0.2, 0) is 0 Å². The molecular formula is C9H12ClNO. The molecule has 0 radical (unpaired) electrons. The molecule has 0 aliphatic rings. The number of aliphatic hydroxyl groups is 1. The van der Waals surface area contributed by atoms with Crippen LogP contribution in [-0.4, -0.2) is 11.7 Å². The van der Waals surface area contributed by atoms with Crippen LogP contribution < -0.4 is 5.73 Å². The summed E-state index contributed by atoms with van der Waals surface area (Å²) >= 11 is 5.82. The second-order valence-corrected chi connectivity index (χ2v) is 3.17. The summed E-state index contributed by atoms with van der Waals surface area (Å²) in [6, 6.07) is 5.40. The molecule has 12 heavy (non-hydrogen) atoms. The van der Waals surface area contributed by atoms with E-state index < -0.39 is 6.10 Å². The van der Waals surface area contributed by atoms with Crippen LogP contribution in [0.4, 0.5) is 0 Å². The Balaban J connectivity index is 2.96. The lowest BCUT2D eigenvalue weighted by atomic mass is 10.1. The molecule has 1 atom stereocenters. The Morgan fingerprint density at radius 1 is 1.58 bits per heavy atom. The number of hydrogen-bond donors (Lipinski definition) is 2. The molecule has 0 saturated carbocycles. The average molecular weight is 186 g/mol. The second-order valence-electron chi connectivity index (χ2n) is 2.76. The Bertz CT molecular complexity index is 275. The molecule has 1 aromatic carbocycles. The van der Waals surface area contributed by atoms with Gasteiger partial charge >= 0.3 is 0 Å². The molecule has 1 aromatic rings. The van der Waals surface area contributed by atoms with E-state index in [9.17, 15) is 5.11 Å². The summed E-state index contributed by atoms with van der Waals surface area (Å²) in [6.07, 6.45) is -0.582. The van der Waals surface area contributed by atoms with Crippen LogP contribution in [0.15, 0.2) is 18.2 Å². The average Bonchev–Trinajstić information content (AvgIpc) is 2.08. The Morgan fingerprint density at radius 3 is 2.75 bits per heavy atom. The van der Waals surface area contributed by atoms with Crippen LogP contribution in [0.25, 0.3) is 0 Å². The molecule has 66 valence electrons. The maximum Gasteiger partial charge on any atom is 0.0912 e. The largest absolute Gasteiger partial charge is 0.387 e. The monoisotopic (exact) mass is 185 g/mol. The van der Waals surface area contributed by atoms with Gasteiger partial charge in [-0.25, -0.2) is 0 Å². The Hall–Kier alpha value is -0.570. The molecule has 2 nitrogen and oxygen atoms in total. The minimum Gasteiger partial charge on any atom is -0.387 e. The fourth-order valence-electron chi connectivity index (χ4n) is 1.01. The van der Waals surface area contributed by atoms with Gasteiger partial charge in [0.1, 0.15) is 0 Å². The van der Waals surface area contributed by atoms with Gasteiger partial charge in [0.15, 0.2) is 0 Å². The zero-order valence-corrected chi connectivity index (χ0v) is 7.67. The van der Waals surface area contributed by atoms with Crippen LogP contribution in [0.3, 0.4) is 0 Å². The first-order chi connectivity index (χ1) is 5.65. The van der Waals surface area contributed by atoms with Crippen LogP contribution >= 0.6 is 11.6 Å². The molecule has 0 aromatic heterocycles. The van der Waals surface area contributed by atoms with Crippen molar-refractivity contribution in [3.05, 3.63) is 34.3 Å². The predicted molar refractivity (Wildman–Crippen MR) is 50.2 cm³/mol. The molecule has 0 spiro atoms. The van der Waals surface area contributed by atoms with Crippen LogP contribution in [0, 0.1) is 6.92 Å². The summed E-state index contributed by atoms with van der Waals surface area (Å²) in [6.45, 7) is 2.14. The van der Waals surface area contributed by atoms with Crippen molar-refractivity contribution < 1.29 is 5.11 Å². The Kier molecular flexibility index (Phi) is 3.09. The van der Waals surface area contributed by atoms with Crippen LogP contribution in [0.2, 0.25) is 5.02 Å². The number of benzene rings is 1. The van der Waals surface area contributed by atoms with Gasteiger partial charge in [0.25, 0.3) is 0 Å². The van der Waals surface area contributed by atoms with Gasteiger partial charge in [-0.2, -0.15) is 0 Å². The molecule has 0 saturated heterocycles. The van der Waals surface area contributed by atoms with Gasteiger partial charge in [-0.3, -0.25) is 0 Å². The van der Waals surface area contributed by atoms with Gasteiger partial charge in [0.05, 0.1) is 6.10 Å². The third-order valence-electron chi connectivity index (χ3n) is 1.79. The van der Waals surface area contributed by atoms with Crippen molar-refractivity contribution in [2.24, 2.45) is 5.73 Å². The smallest absolute Gasteiger partial charge is 0.0912 e. The van der Waals surface area contributed by atoms with E-state index in [-0.39, 0.29) is 6.54 Å². The number of rotatable bonds is 2. The molecule has 0 heterocycles. The molecule has 0 unspecified atom stereocenters. The highest BCUT2D eigenvalue weighted by atomic mass is 35.5. The maximum absolute atomic E-state index is 9.38. The van der Waals surface area contributed by atoms with Crippen molar-refractivity contribution in [2.45, 2.75) is 13.0 Å². The maximum atomic E-state index is 9.38. The second kappa shape index (κ2) is 3.90. The van der Waals surface area contributed by atoms with Gasteiger partial charge in [-0.15, -0.1) is 0 Å². The minimum atomic E-state index is -0.582. The third-order valence-corrected chi connectivity index (χ3v) is 2.21. The first-order valence-electron chi connectivity index (χ1n) is 3.79. The fraction of sp³-hybridized carbons (Fsp3) is 0.333. The van der Waals surface area contributed by atoms with Gasteiger partial charge in [0, 0.05) is 11.6 Å². The van der Waals surface area contributed by atoms with E-state index in [4.69, 9.17) is 17.3 Å². The van der Waals surface area contributed by atoms with E-state index in [1.165, 1.54) is 0 Å². The van der Waals surface area contributed by atoms with Crippen molar-refractivity contribution >= 4 is 11.6 Å². The van der Waals surface area contributed by atoms with Crippen LogP contribution in [0.5, 0.6) is 0 Å². The summed E-state index contributed by atoms with van der Waals surface area (Å²) in [4.78, 5) is 0. The lowest BCUT2D eigenvalue weighted by Crippen LogP contribution is -2.11. The van der Waals surface area contributed by atoms with Gasteiger partial charge in [-0.05, 0) is 24.1 Å². The predicted octanol–water partition coefficient (Wildman–Crippen LogP) is 1.64. The highest BCUT2D eigenvalue weighted by Crippen LogP contribution is 2.19. The van der Waals surface area contributed by atoms with Crippen LogP contribution in [0.1, 0.15) is 17.2 Å². The number of halogens is 1. The quantitative estimate of drug-likeness (QED) is 0.736. The Labute approximate surface area is 77.0 Å². The summed E-state index contributed by atoms with van der Waals surface area (Å²) in [7, 11) is 0. The van der Waals surface area contributed by atoms with E-state index in [0.717, 1.165) is 11.1 Å².